The molecular weight excluding hydrogens is 232 g/mol. The molecule has 0 aromatic heterocycles. The number of methoxy groups -OCH3 is 1. The zero-order chi connectivity index (χ0) is 13.3. The Morgan fingerprint density at radius 3 is 2.83 bits per heavy atom. The third-order valence-electron chi connectivity index (χ3n) is 3.15. The van der Waals surface area contributed by atoms with Crippen molar-refractivity contribution in [1.82, 2.24) is 0 Å². The molecule has 1 aromatic rings. The molecule has 0 amide bonds. The van der Waals surface area contributed by atoms with E-state index in [2.05, 4.69) is 0 Å². The summed E-state index contributed by atoms with van der Waals surface area (Å²) in [6.07, 6.45) is 0.982. The molecule has 0 N–H and O–H groups in total. The van der Waals surface area contributed by atoms with E-state index in [-0.39, 0.29) is 12.1 Å². The van der Waals surface area contributed by atoms with Crippen LogP contribution in [0.2, 0.25) is 0 Å². The quantitative estimate of drug-likeness (QED) is 0.597. The van der Waals surface area contributed by atoms with E-state index >= 15 is 0 Å². The SMILES string of the molecule is COc1c(C)c(OC(C)=O)cc2c1COC(C)C2. The molecule has 1 aliphatic rings. The lowest BCUT2D eigenvalue weighted by molar-refractivity contribution is -0.131. The summed E-state index contributed by atoms with van der Waals surface area (Å²) in [6, 6.07) is 1.92. The van der Waals surface area contributed by atoms with Gasteiger partial charge in [0.25, 0.3) is 0 Å². The van der Waals surface area contributed by atoms with Gasteiger partial charge in [0.15, 0.2) is 0 Å². The Bertz CT molecular complexity index is 479. The minimum atomic E-state index is -0.319. The van der Waals surface area contributed by atoms with Gasteiger partial charge in [0, 0.05) is 18.1 Å². The maximum absolute atomic E-state index is 11.1. The minimum absolute atomic E-state index is 0.176. The molecule has 98 valence electrons. The van der Waals surface area contributed by atoms with E-state index < -0.39 is 0 Å². The van der Waals surface area contributed by atoms with E-state index in [0.717, 1.165) is 28.9 Å². The molecule has 1 aliphatic heterocycles. The number of rotatable bonds is 2. The Morgan fingerprint density at radius 1 is 1.50 bits per heavy atom. The van der Waals surface area contributed by atoms with Crippen molar-refractivity contribution in [2.45, 2.75) is 39.9 Å². The minimum Gasteiger partial charge on any atom is -0.496 e. The van der Waals surface area contributed by atoms with Gasteiger partial charge in [-0.1, -0.05) is 0 Å². The number of carbonyl (C=O) groups excluding carboxylic acids is 1. The highest BCUT2D eigenvalue weighted by atomic mass is 16.5. The summed E-state index contributed by atoms with van der Waals surface area (Å²) in [5, 5.41) is 0. The van der Waals surface area contributed by atoms with E-state index in [4.69, 9.17) is 14.2 Å². The number of ether oxygens (including phenoxy) is 3. The zero-order valence-electron chi connectivity index (χ0n) is 11.2. The van der Waals surface area contributed by atoms with Gasteiger partial charge in [0.05, 0.1) is 19.8 Å². The van der Waals surface area contributed by atoms with Crippen molar-refractivity contribution in [2.24, 2.45) is 0 Å². The van der Waals surface area contributed by atoms with Crippen LogP contribution in [-0.4, -0.2) is 19.2 Å². The molecule has 1 atom stereocenters. The van der Waals surface area contributed by atoms with Crippen LogP contribution in [0.4, 0.5) is 0 Å². The molecule has 1 heterocycles. The monoisotopic (exact) mass is 250 g/mol. The lowest BCUT2D eigenvalue weighted by Crippen LogP contribution is -2.20. The van der Waals surface area contributed by atoms with Gasteiger partial charge in [0.1, 0.15) is 11.5 Å². The van der Waals surface area contributed by atoms with Gasteiger partial charge in [-0.2, -0.15) is 0 Å². The van der Waals surface area contributed by atoms with Crippen molar-refractivity contribution in [3.8, 4) is 11.5 Å². The molecule has 0 bridgehead atoms. The van der Waals surface area contributed by atoms with Crippen molar-refractivity contribution in [1.29, 1.82) is 0 Å². The Balaban J connectivity index is 2.51. The first-order valence-electron chi connectivity index (χ1n) is 6.02. The number of fused-ring (bicyclic) bond motifs is 1. The molecule has 1 unspecified atom stereocenters. The first-order valence-corrected chi connectivity index (χ1v) is 6.02. The molecule has 1 aromatic carbocycles. The molecule has 2 rings (SSSR count). The van der Waals surface area contributed by atoms with Crippen molar-refractivity contribution in [3.63, 3.8) is 0 Å². The zero-order valence-corrected chi connectivity index (χ0v) is 11.2. The van der Waals surface area contributed by atoms with Gasteiger partial charge in [0.2, 0.25) is 0 Å². The largest absolute Gasteiger partial charge is 0.496 e. The summed E-state index contributed by atoms with van der Waals surface area (Å²) in [4.78, 5) is 11.1. The number of esters is 1. The normalized spacial score (nSPS) is 18.1. The van der Waals surface area contributed by atoms with E-state index in [1.54, 1.807) is 7.11 Å². The summed E-state index contributed by atoms with van der Waals surface area (Å²) >= 11 is 0. The number of benzene rings is 1. The molecule has 0 radical (unpaired) electrons. The number of hydrogen-bond donors (Lipinski definition) is 0. The fourth-order valence-electron chi connectivity index (χ4n) is 2.31. The molecule has 0 saturated heterocycles. The Labute approximate surface area is 107 Å². The lowest BCUT2D eigenvalue weighted by atomic mass is 9.96. The van der Waals surface area contributed by atoms with Crippen molar-refractivity contribution in [2.75, 3.05) is 7.11 Å². The molecule has 4 heteroatoms. The Hall–Kier alpha value is -1.55. The maximum atomic E-state index is 11.1. The Morgan fingerprint density at radius 2 is 2.22 bits per heavy atom. The maximum Gasteiger partial charge on any atom is 0.308 e. The van der Waals surface area contributed by atoms with Crippen molar-refractivity contribution in [3.05, 3.63) is 22.8 Å². The molecule has 0 aliphatic carbocycles. The van der Waals surface area contributed by atoms with Gasteiger partial charge < -0.3 is 14.2 Å². The van der Waals surface area contributed by atoms with Crippen LogP contribution in [0.1, 0.15) is 30.5 Å². The summed E-state index contributed by atoms with van der Waals surface area (Å²) in [5.41, 5.74) is 3.03. The summed E-state index contributed by atoms with van der Waals surface area (Å²) < 4.78 is 16.3. The molecule has 0 saturated carbocycles. The summed E-state index contributed by atoms with van der Waals surface area (Å²) in [7, 11) is 1.62. The summed E-state index contributed by atoms with van der Waals surface area (Å²) in [5.74, 6) is 1.02. The summed E-state index contributed by atoms with van der Waals surface area (Å²) in [6.45, 7) is 5.86. The van der Waals surface area contributed by atoms with E-state index in [0.29, 0.717) is 12.4 Å². The van der Waals surface area contributed by atoms with Gasteiger partial charge >= 0.3 is 5.97 Å². The molecule has 18 heavy (non-hydrogen) atoms. The Kier molecular flexibility index (Phi) is 3.57. The average Bonchev–Trinajstić information content (AvgIpc) is 2.30. The lowest BCUT2D eigenvalue weighted by Gasteiger charge is -2.26. The third-order valence-corrected chi connectivity index (χ3v) is 3.15. The van der Waals surface area contributed by atoms with E-state index in [1.165, 1.54) is 6.92 Å². The number of carbonyl (C=O) groups is 1. The topological polar surface area (TPSA) is 44.8 Å². The van der Waals surface area contributed by atoms with Crippen molar-refractivity contribution >= 4 is 5.97 Å². The predicted molar refractivity (Wildman–Crippen MR) is 67.0 cm³/mol. The first-order chi connectivity index (χ1) is 8.52. The molecular formula is C14H18O4. The highest BCUT2D eigenvalue weighted by molar-refractivity contribution is 5.71. The number of hydrogen-bond acceptors (Lipinski definition) is 4. The fraction of sp³-hybridized carbons (Fsp3) is 0.500. The third kappa shape index (κ3) is 2.34. The molecule has 0 fully saturated rings. The van der Waals surface area contributed by atoms with Crippen molar-refractivity contribution < 1.29 is 19.0 Å². The van der Waals surface area contributed by atoms with Crippen LogP contribution >= 0.6 is 0 Å². The second kappa shape index (κ2) is 4.98. The van der Waals surface area contributed by atoms with Crippen LogP contribution in [0.3, 0.4) is 0 Å². The average molecular weight is 250 g/mol. The predicted octanol–water partition coefficient (Wildman–Crippen LogP) is 2.39. The first kappa shape index (κ1) is 12.9. The van der Waals surface area contributed by atoms with Crippen LogP contribution in [0.15, 0.2) is 6.07 Å². The van der Waals surface area contributed by atoms with Gasteiger partial charge in [-0.15, -0.1) is 0 Å². The van der Waals surface area contributed by atoms with Gasteiger partial charge in [-0.3, -0.25) is 4.79 Å². The highest BCUT2D eigenvalue weighted by Gasteiger charge is 2.23. The second-order valence-electron chi connectivity index (χ2n) is 4.59. The van der Waals surface area contributed by atoms with Crippen LogP contribution in [0.25, 0.3) is 0 Å². The van der Waals surface area contributed by atoms with E-state index in [9.17, 15) is 4.79 Å². The van der Waals surface area contributed by atoms with Crippen LogP contribution in [0.5, 0.6) is 11.5 Å². The standard InChI is InChI=1S/C14H18O4/c1-8-5-11-6-13(18-10(3)15)9(2)14(16-4)12(11)7-17-8/h6,8H,5,7H2,1-4H3. The second-order valence-corrected chi connectivity index (χ2v) is 4.59. The molecule has 4 nitrogen and oxygen atoms in total. The van der Waals surface area contributed by atoms with Gasteiger partial charge in [-0.25, -0.2) is 0 Å². The van der Waals surface area contributed by atoms with Crippen LogP contribution in [-0.2, 0) is 22.6 Å². The molecule has 0 spiro atoms. The van der Waals surface area contributed by atoms with Crippen LogP contribution < -0.4 is 9.47 Å². The van der Waals surface area contributed by atoms with E-state index in [1.807, 2.05) is 19.9 Å². The smallest absolute Gasteiger partial charge is 0.308 e. The fourth-order valence-corrected chi connectivity index (χ4v) is 2.31. The van der Waals surface area contributed by atoms with Gasteiger partial charge in [-0.05, 0) is 31.9 Å². The highest BCUT2D eigenvalue weighted by Crippen LogP contribution is 2.37. The van der Waals surface area contributed by atoms with Crippen LogP contribution in [0, 0.1) is 6.92 Å².